The van der Waals surface area contributed by atoms with Crippen LogP contribution in [-0.2, 0) is 6.54 Å². The fourth-order valence-corrected chi connectivity index (χ4v) is 2.99. The number of aromatic nitrogens is 3. The first-order valence-electron chi connectivity index (χ1n) is 8.37. The third-order valence-electron chi connectivity index (χ3n) is 4.28. The number of hydrogen-bond donors (Lipinski definition) is 0. The molecule has 0 N–H and O–H groups in total. The zero-order valence-electron chi connectivity index (χ0n) is 13.5. The van der Waals surface area contributed by atoms with E-state index in [1.54, 1.807) is 27.8 Å². The summed E-state index contributed by atoms with van der Waals surface area (Å²) in [5, 5.41) is 0. The van der Waals surface area contributed by atoms with Crippen molar-refractivity contribution in [1.29, 1.82) is 0 Å². The number of unbranched alkanes of at least 4 members (excludes halogenated alkanes) is 1. The molecule has 23 heavy (non-hydrogen) atoms. The molecule has 0 aromatic carbocycles. The quantitative estimate of drug-likeness (QED) is 0.868. The van der Waals surface area contributed by atoms with Crippen molar-refractivity contribution >= 4 is 17.1 Å². The fraction of sp³-hybridized carbons (Fsp3) is 0.529. The van der Waals surface area contributed by atoms with Crippen LogP contribution < -0.4 is 5.56 Å². The van der Waals surface area contributed by atoms with E-state index in [1.807, 2.05) is 0 Å². The molecule has 0 spiro atoms. The number of likely N-dealkylation sites (tertiary alicyclic amines) is 1. The lowest BCUT2D eigenvalue weighted by Crippen LogP contribution is -2.40. The number of fused-ring (bicyclic) bond motifs is 1. The van der Waals surface area contributed by atoms with Gasteiger partial charge in [-0.1, -0.05) is 13.3 Å². The molecule has 0 unspecified atom stereocenters. The van der Waals surface area contributed by atoms with Crippen LogP contribution >= 0.6 is 0 Å². The van der Waals surface area contributed by atoms with E-state index < -0.39 is 0 Å². The first-order chi connectivity index (χ1) is 11.2. The summed E-state index contributed by atoms with van der Waals surface area (Å²) < 4.78 is 1.60. The molecule has 122 valence electrons. The van der Waals surface area contributed by atoms with Gasteiger partial charge in [-0.05, 0) is 37.8 Å². The molecule has 3 rings (SSSR count). The van der Waals surface area contributed by atoms with Crippen molar-refractivity contribution in [2.75, 3.05) is 13.1 Å². The molecular formula is C17H22N4O2. The van der Waals surface area contributed by atoms with Gasteiger partial charge in [0.25, 0.3) is 11.5 Å². The highest BCUT2D eigenvalue weighted by Crippen LogP contribution is 2.13. The van der Waals surface area contributed by atoms with Crippen molar-refractivity contribution in [1.82, 2.24) is 19.4 Å². The minimum atomic E-state index is -0.319. The van der Waals surface area contributed by atoms with E-state index in [-0.39, 0.29) is 17.2 Å². The van der Waals surface area contributed by atoms with Crippen molar-refractivity contribution in [2.45, 2.75) is 45.6 Å². The van der Waals surface area contributed by atoms with Gasteiger partial charge in [-0.2, -0.15) is 0 Å². The minimum Gasteiger partial charge on any atom is -0.337 e. The van der Waals surface area contributed by atoms with Gasteiger partial charge in [0.2, 0.25) is 0 Å². The topological polar surface area (TPSA) is 68.1 Å². The Morgan fingerprint density at radius 3 is 2.78 bits per heavy atom. The summed E-state index contributed by atoms with van der Waals surface area (Å²) >= 11 is 0. The summed E-state index contributed by atoms with van der Waals surface area (Å²) in [7, 11) is 0. The first-order valence-corrected chi connectivity index (χ1v) is 8.37. The maximum atomic E-state index is 12.8. The highest BCUT2D eigenvalue weighted by Gasteiger charge is 2.24. The van der Waals surface area contributed by atoms with Gasteiger partial charge in [-0.15, -0.1) is 0 Å². The second-order valence-electron chi connectivity index (χ2n) is 5.97. The van der Waals surface area contributed by atoms with Gasteiger partial charge in [-0.25, -0.2) is 9.97 Å². The number of hydrogen-bond acceptors (Lipinski definition) is 4. The molecule has 6 heteroatoms. The normalized spacial score (nSPS) is 15.1. The van der Waals surface area contributed by atoms with Gasteiger partial charge in [0, 0.05) is 25.8 Å². The Labute approximate surface area is 135 Å². The standard InChI is InChI=1S/C17H22N4O2/c1-2-3-12-21-15-13(8-7-9-18-15)19-14(17(21)23)16(22)20-10-5-4-6-11-20/h7-9H,2-6,10-12H2,1H3. The van der Waals surface area contributed by atoms with Crippen molar-refractivity contribution in [2.24, 2.45) is 0 Å². The Balaban J connectivity index is 2.07. The molecule has 0 atom stereocenters. The highest BCUT2D eigenvalue weighted by atomic mass is 16.2. The molecular weight excluding hydrogens is 292 g/mol. The second kappa shape index (κ2) is 6.89. The van der Waals surface area contributed by atoms with Crippen molar-refractivity contribution in [3.8, 4) is 0 Å². The average Bonchev–Trinajstić information content (AvgIpc) is 2.61. The Morgan fingerprint density at radius 1 is 1.26 bits per heavy atom. The number of pyridine rings is 1. The largest absolute Gasteiger partial charge is 0.337 e. The Kier molecular flexibility index (Phi) is 4.69. The van der Waals surface area contributed by atoms with Crippen molar-refractivity contribution < 1.29 is 4.79 Å². The molecule has 0 saturated carbocycles. The van der Waals surface area contributed by atoms with Gasteiger partial charge in [-0.3, -0.25) is 14.2 Å². The zero-order valence-corrected chi connectivity index (χ0v) is 13.5. The Morgan fingerprint density at radius 2 is 2.04 bits per heavy atom. The van der Waals surface area contributed by atoms with Crippen LogP contribution in [0.5, 0.6) is 0 Å². The third kappa shape index (κ3) is 3.11. The average molecular weight is 314 g/mol. The number of carbonyl (C=O) groups excluding carboxylic acids is 1. The van der Waals surface area contributed by atoms with Gasteiger partial charge >= 0.3 is 0 Å². The number of rotatable bonds is 4. The zero-order chi connectivity index (χ0) is 16.2. The molecule has 1 aliphatic heterocycles. The van der Waals surface area contributed by atoms with Crippen LogP contribution in [0, 0.1) is 0 Å². The molecule has 0 bridgehead atoms. The Bertz CT molecular complexity index is 763. The molecule has 1 aliphatic rings. The van der Waals surface area contributed by atoms with E-state index >= 15 is 0 Å². The smallest absolute Gasteiger partial charge is 0.283 e. The number of nitrogens with zero attached hydrogens (tertiary/aromatic N) is 4. The second-order valence-corrected chi connectivity index (χ2v) is 5.97. The van der Waals surface area contributed by atoms with Gasteiger partial charge < -0.3 is 4.90 Å². The number of amides is 1. The molecule has 2 aromatic rings. The molecule has 6 nitrogen and oxygen atoms in total. The molecule has 0 aliphatic carbocycles. The van der Waals surface area contributed by atoms with E-state index in [9.17, 15) is 9.59 Å². The summed E-state index contributed by atoms with van der Waals surface area (Å²) in [5.41, 5.74) is 0.869. The molecule has 3 heterocycles. The van der Waals surface area contributed by atoms with Gasteiger partial charge in [0.1, 0.15) is 5.52 Å². The lowest BCUT2D eigenvalue weighted by atomic mass is 10.1. The van der Waals surface area contributed by atoms with Crippen LogP contribution in [-0.4, -0.2) is 38.4 Å². The van der Waals surface area contributed by atoms with E-state index in [2.05, 4.69) is 16.9 Å². The summed E-state index contributed by atoms with van der Waals surface area (Å²) in [5.74, 6) is -0.245. The minimum absolute atomic E-state index is 0.0310. The molecule has 1 fully saturated rings. The lowest BCUT2D eigenvalue weighted by Gasteiger charge is -2.26. The fourth-order valence-electron chi connectivity index (χ4n) is 2.99. The lowest BCUT2D eigenvalue weighted by molar-refractivity contribution is 0.0716. The van der Waals surface area contributed by atoms with Crippen LogP contribution in [0.4, 0.5) is 0 Å². The molecule has 0 radical (unpaired) electrons. The van der Waals surface area contributed by atoms with Crippen LogP contribution in [0.2, 0.25) is 0 Å². The maximum absolute atomic E-state index is 12.8. The predicted molar refractivity (Wildman–Crippen MR) is 88.5 cm³/mol. The van der Waals surface area contributed by atoms with Crippen molar-refractivity contribution in [3.05, 3.63) is 34.4 Å². The summed E-state index contributed by atoms with van der Waals surface area (Å²) in [4.78, 5) is 35.9. The molecule has 1 amide bonds. The molecule has 2 aromatic heterocycles. The predicted octanol–water partition coefficient (Wildman–Crippen LogP) is 2.22. The van der Waals surface area contributed by atoms with E-state index in [0.29, 0.717) is 30.8 Å². The number of carbonyl (C=O) groups is 1. The van der Waals surface area contributed by atoms with Gasteiger partial charge in [0.05, 0.1) is 0 Å². The van der Waals surface area contributed by atoms with Crippen molar-refractivity contribution in [3.63, 3.8) is 0 Å². The first kappa shape index (κ1) is 15.6. The third-order valence-corrected chi connectivity index (χ3v) is 4.28. The van der Waals surface area contributed by atoms with E-state index in [4.69, 9.17) is 0 Å². The highest BCUT2D eigenvalue weighted by molar-refractivity contribution is 5.93. The van der Waals surface area contributed by atoms with E-state index in [1.165, 1.54) is 0 Å². The number of aryl methyl sites for hydroxylation is 1. The summed E-state index contributed by atoms with van der Waals surface area (Å²) in [6.07, 6.45) is 6.61. The SMILES string of the molecule is CCCCn1c(=O)c(C(=O)N2CCCCC2)nc2cccnc21. The summed E-state index contributed by atoms with van der Waals surface area (Å²) in [6.45, 7) is 4.05. The van der Waals surface area contributed by atoms with Crippen LogP contribution in [0.15, 0.2) is 23.1 Å². The van der Waals surface area contributed by atoms with Crippen LogP contribution in [0.25, 0.3) is 11.2 Å². The van der Waals surface area contributed by atoms with Crippen LogP contribution in [0.1, 0.15) is 49.5 Å². The number of piperidine rings is 1. The monoisotopic (exact) mass is 314 g/mol. The van der Waals surface area contributed by atoms with Gasteiger partial charge in [0.15, 0.2) is 11.3 Å². The van der Waals surface area contributed by atoms with Crippen LogP contribution in [0.3, 0.4) is 0 Å². The maximum Gasteiger partial charge on any atom is 0.283 e. The molecule has 1 saturated heterocycles. The summed E-state index contributed by atoms with van der Waals surface area (Å²) in [6, 6.07) is 3.58. The Hall–Kier alpha value is -2.24. The van der Waals surface area contributed by atoms with E-state index in [0.717, 1.165) is 32.1 Å².